The third kappa shape index (κ3) is 2.67. The number of thiazole rings is 1. The van der Waals surface area contributed by atoms with Gasteiger partial charge in [-0.1, -0.05) is 23.7 Å². The zero-order valence-electron chi connectivity index (χ0n) is 10.3. The molecule has 19 heavy (non-hydrogen) atoms. The Kier molecular flexibility index (Phi) is 3.32. The number of nitrogens with zero attached hydrogens (tertiary/aromatic N) is 2. The van der Waals surface area contributed by atoms with E-state index in [1.54, 1.807) is 11.3 Å². The van der Waals surface area contributed by atoms with Crippen LogP contribution in [0.15, 0.2) is 48.1 Å². The summed E-state index contributed by atoms with van der Waals surface area (Å²) in [6, 6.07) is 9.87. The van der Waals surface area contributed by atoms with Crippen molar-refractivity contribution in [2.45, 2.75) is 6.92 Å². The highest BCUT2D eigenvalue weighted by Gasteiger charge is 2.05. The van der Waals surface area contributed by atoms with Crippen LogP contribution in [-0.2, 0) is 0 Å². The topological polar surface area (TPSA) is 25.8 Å². The third-order valence-electron chi connectivity index (χ3n) is 2.81. The van der Waals surface area contributed by atoms with E-state index < -0.39 is 0 Å². The molecule has 2 aromatic heterocycles. The van der Waals surface area contributed by atoms with Crippen molar-refractivity contribution in [2.75, 3.05) is 0 Å². The van der Waals surface area contributed by atoms with E-state index in [9.17, 15) is 0 Å². The van der Waals surface area contributed by atoms with Crippen LogP contribution in [0, 0.1) is 6.92 Å². The molecule has 0 saturated carbocycles. The molecular formula is C15H11ClN2S. The Labute approximate surface area is 120 Å². The van der Waals surface area contributed by atoms with Crippen LogP contribution in [0.2, 0.25) is 5.02 Å². The Balaban J connectivity index is 2.05. The minimum absolute atomic E-state index is 0.729. The molecule has 0 aliphatic rings. The Bertz CT molecular complexity index is 721. The molecule has 3 aromatic rings. The summed E-state index contributed by atoms with van der Waals surface area (Å²) >= 11 is 7.67. The van der Waals surface area contributed by atoms with Gasteiger partial charge in [0.2, 0.25) is 0 Å². The molecule has 0 bridgehead atoms. The maximum atomic E-state index is 6.02. The number of pyridine rings is 1. The first-order valence-corrected chi connectivity index (χ1v) is 7.11. The lowest BCUT2D eigenvalue weighted by Gasteiger charge is -2.03. The van der Waals surface area contributed by atoms with Crippen LogP contribution in [0.5, 0.6) is 0 Å². The lowest BCUT2D eigenvalue weighted by Crippen LogP contribution is -1.84. The number of halogens is 1. The third-order valence-corrected chi connectivity index (χ3v) is 3.82. The number of hydrogen-bond donors (Lipinski definition) is 0. The zero-order valence-corrected chi connectivity index (χ0v) is 11.9. The van der Waals surface area contributed by atoms with Gasteiger partial charge in [0, 0.05) is 33.9 Å². The molecule has 0 saturated heterocycles. The van der Waals surface area contributed by atoms with E-state index in [0.717, 1.165) is 32.4 Å². The molecule has 2 heterocycles. The van der Waals surface area contributed by atoms with Crippen LogP contribution in [0.1, 0.15) is 5.01 Å². The van der Waals surface area contributed by atoms with Gasteiger partial charge in [0.25, 0.3) is 0 Å². The van der Waals surface area contributed by atoms with Gasteiger partial charge in [-0.3, -0.25) is 4.98 Å². The molecule has 4 heteroatoms. The van der Waals surface area contributed by atoms with Crippen LogP contribution >= 0.6 is 22.9 Å². The molecule has 0 N–H and O–H groups in total. The second-order valence-corrected chi connectivity index (χ2v) is 5.72. The Morgan fingerprint density at radius 1 is 1.05 bits per heavy atom. The molecule has 3 rings (SSSR count). The van der Waals surface area contributed by atoms with Gasteiger partial charge in [-0.25, -0.2) is 4.98 Å². The number of aromatic nitrogens is 2. The van der Waals surface area contributed by atoms with Gasteiger partial charge < -0.3 is 0 Å². The minimum Gasteiger partial charge on any atom is -0.263 e. The van der Waals surface area contributed by atoms with Gasteiger partial charge in [-0.15, -0.1) is 11.3 Å². The number of aryl methyl sites for hydroxylation is 1. The van der Waals surface area contributed by atoms with E-state index >= 15 is 0 Å². The average molecular weight is 287 g/mol. The highest BCUT2D eigenvalue weighted by molar-refractivity contribution is 7.09. The molecule has 2 nitrogen and oxygen atoms in total. The van der Waals surface area contributed by atoms with E-state index in [1.807, 2.05) is 49.0 Å². The van der Waals surface area contributed by atoms with E-state index in [2.05, 4.69) is 16.0 Å². The van der Waals surface area contributed by atoms with Crippen LogP contribution in [0.25, 0.3) is 22.4 Å². The molecule has 0 spiro atoms. The van der Waals surface area contributed by atoms with Gasteiger partial charge in [0.1, 0.15) is 0 Å². The van der Waals surface area contributed by atoms with Crippen molar-refractivity contribution in [3.8, 4) is 22.4 Å². The van der Waals surface area contributed by atoms with E-state index in [0.29, 0.717) is 0 Å². The molecule has 0 unspecified atom stereocenters. The predicted octanol–water partition coefficient (Wildman–Crippen LogP) is 4.83. The SMILES string of the molecule is Cc1nc(-c2cncc(-c3cccc(Cl)c3)c2)cs1. The largest absolute Gasteiger partial charge is 0.263 e. The predicted molar refractivity (Wildman–Crippen MR) is 80.5 cm³/mol. The summed E-state index contributed by atoms with van der Waals surface area (Å²) in [5.41, 5.74) is 4.11. The van der Waals surface area contributed by atoms with Crippen molar-refractivity contribution >= 4 is 22.9 Å². The first-order chi connectivity index (χ1) is 9.22. The summed E-state index contributed by atoms with van der Waals surface area (Å²) in [5.74, 6) is 0. The zero-order chi connectivity index (χ0) is 13.2. The standard InChI is InChI=1S/C15H11ClN2S/c1-10-18-15(9-19-10)13-5-12(7-17-8-13)11-3-2-4-14(16)6-11/h2-9H,1H3. The number of hydrogen-bond acceptors (Lipinski definition) is 3. The second-order valence-electron chi connectivity index (χ2n) is 4.22. The van der Waals surface area contributed by atoms with Crippen LogP contribution in [-0.4, -0.2) is 9.97 Å². The first-order valence-electron chi connectivity index (χ1n) is 5.86. The Morgan fingerprint density at radius 3 is 2.63 bits per heavy atom. The summed E-state index contributed by atoms with van der Waals surface area (Å²) in [7, 11) is 0. The molecule has 0 aliphatic carbocycles. The van der Waals surface area contributed by atoms with Gasteiger partial charge in [0.15, 0.2) is 0 Å². The lowest BCUT2D eigenvalue weighted by atomic mass is 10.1. The van der Waals surface area contributed by atoms with E-state index in [-0.39, 0.29) is 0 Å². The van der Waals surface area contributed by atoms with Crippen molar-refractivity contribution in [1.82, 2.24) is 9.97 Å². The Hall–Kier alpha value is -1.71. The maximum Gasteiger partial charge on any atom is 0.0901 e. The molecule has 0 atom stereocenters. The summed E-state index contributed by atoms with van der Waals surface area (Å²) in [4.78, 5) is 8.78. The highest BCUT2D eigenvalue weighted by Crippen LogP contribution is 2.27. The second kappa shape index (κ2) is 5.11. The minimum atomic E-state index is 0.729. The van der Waals surface area contributed by atoms with Crippen molar-refractivity contribution in [2.24, 2.45) is 0 Å². The summed E-state index contributed by atoms with van der Waals surface area (Å²) in [6.45, 7) is 2.00. The fourth-order valence-corrected chi connectivity index (χ4v) is 2.71. The maximum absolute atomic E-state index is 6.02. The number of rotatable bonds is 2. The smallest absolute Gasteiger partial charge is 0.0901 e. The monoisotopic (exact) mass is 286 g/mol. The molecule has 94 valence electrons. The Morgan fingerprint density at radius 2 is 1.89 bits per heavy atom. The van der Waals surface area contributed by atoms with Gasteiger partial charge in [0.05, 0.1) is 10.7 Å². The molecular weight excluding hydrogens is 276 g/mol. The van der Waals surface area contributed by atoms with Gasteiger partial charge in [-0.05, 0) is 30.7 Å². The summed E-state index contributed by atoms with van der Waals surface area (Å²) < 4.78 is 0. The quantitative estimate of drug-likeness (QED) is 0.674. The summed E-state index contributed by atoms with van der Waals surface area (Å²) in [6.07, 6.45) is 3.68. The fraction of sp³-hybridized carbons (Fsp3) is 0.0667. The van der Waals surface area contributed by atoms with Gasteiger partial charge >= 0.3 is 0 Å². The van der Waals surface area contributed by atoms with E-state index in [1.165, 1.54) is 0 Å². The molecule has 1 aromatic carbocycles. The molecule has 0 radical (unpaired) electrons. The van der Waals surface area contributed by atoms with Crippen LogP contribution in [0.4, 0.5) is 0 Å². The van der Waals surface area contributed by atoms with Crippen molar-refractivity contribution in [3.05, 3.63) is 58.1 Å². The number of benzene rings is 1. The first kappa shape index (κ1) is 12.3. The highest BCUT2D eigenvalue weighted by atomic mass is 35.5. The fourth-order valence-electron chi connectivity index (χ4n) is 1.90. The van der Waals surface area contributed by atoms with Gasteiger partial charge in [-0.2, -0.15) is 0 Å². The van der Waals surface area contributed by atoms with Crippen molar-refractivity contribution < 1.29 is 0 Å². The molecule has 0 amide bonds. The summed E-state index contributed by atoms with van der Waals surface area (Å²) in [5, 5.41) is 3.84. The average Bonchev–Trinajstić information content (AvgIpc) is 2.86. The lowest BCUT2D eigenvalue weighted by molar-refractivity contribution is 1.27. The van der Waals surface area contributed by atoms with E-state index in [4.69, 9.17) is 11.6 Å². The normalized spacial score (nSPS) is 10.6. The molecule has 0 fully saturated rings. The van der Waals surface area contributed by atoms with Crippen LogP contribution < -0.4 is 0 Å². The van der Waals surface area contributed by atoms with Crippen molar-refractivity contribution in [3.63, 3.8) is 0 Å². The molecule has 0 aliphatic heterocycles. The van der Waals surface area contributed by atoms with Crippen molar-refractivity contribution in [1.29, 1.82) is 0 Å². The van der Waals surface area contributed by atoms with Crippen LogP contribution in [0.3, 0.4) is 0 Å².